The minimum absolute atomic E-state index is 0.157. The molecule has 1 aliphatic carbocycles. The number of benzene rings is 3. The van der Waals surface area contributed by atoms with E-state index < -0.39 is 0 Å². The van der Waals surface area contributed by atoms with Gasteiger partial charge >= 0.3 is 0 Å². The number of hydrogen-bond donors (Lipinski definition) is 0. The molecule has 33 heavy (non-hydrogen) atoms. The van der Waals surface area contributed by atoms with Gasteiger partial charge in [0.2, 0.25) is 0 Å². The topological polar surface area (TPSA) is 26.3 Å². The number of thioether (sulfide) groups is 1. The van der Waals surface area contributed by atoms with E-state index in [1.807, 2.05) is 30.3 Å². The predicted molar refractivity (Wildman–Crippen MR) is 137 cm³/mol. The Morgan fingerprint density at radius 3 is 1.85 bits per heavy atom. The number of hydrogen-bond acceptors (Lipinski definition) is 3. The van der Waals surface area contributed by atoms with Gasteiger partial charge in [0, 0.05) is 10.6 Å². The second-order valence-corrected chi connectivity index (χ2v) is 10.0. The Hall–Kier alpha value is -2.96. The van der Waals surface area contributed by atoms with Crippen LogP contribution in [0.3, 0.4) is 0 Å². The van der Waals surface area contributed by atoms with Gasteiger partial charge in [-0.25, -0.2) is 0 Å². The summed E-state index contributed by atoms with van der Waals surface area (Å²) < 4.78 is 6.03. The van der Waals surface area contributed by atoms with Crippen molar-refractivity contribution < 1.29 is 9.53 Å². The minimum atomic E-state index is -0.377. The Morgan fingerprint density at radius 2 is 1.30 bits per heavy atom. The third-order valence-corrected chi connectivity index (χ3v) is 7.16. The van der Waals surface area contributed by atoms with E-state index in [4.69, 9.17) is 4.74 Å². The molecule has 2 nitrogen and oxygen atoms in total. The van der Waals surface area contributed by atoms with Crippen LogP contribution in [0, 0.1) is 46.5 Å². The number of carbonyl (C=O) groups is 1. The monoisotopic (exact) mass is 454 g/mol. The molecule has 0 heterocycles. The molecule has 0 fully saturated rings. The van der Waals surface area contributed by atoms with Gasteiger partial charge in [-0.15, -0.1) is 11.8 Å². The Kier molecular flexibility index (Phi) is 6.96. The SMILES string of the molecule is Cc1cc(C)c(C2C#CC(c3c(C)cc(OCCSc4ccccc4)cc3C)C2=O)c(C)c1. The summed E-state index contributed by atoms with van der Waals surface area (Å²) in [5.74, 6) is 7.70. The van der Waals surface area contributed by atoms with E-state index >= 15 is 0 Å². The zero-order valence-electron chi connectivity index (χ0n) is 20.0. The fraction of sp³-hybridized carbons (Fsp3) is 0.300. The number of aryl methyl sites for hydroxylation is 5. The lowest BCUT2D eigenvalue weighted by molar-refractivity contribution is -0.119. The first-order chi connectivity index (χ1) is 15.8. The molecule has 1 aliphatic rings. The highest BCUT2D eigenvalue weighted by atomic mass is 32.2. The van der Waals surface area contributed by atoms with Crippen LogP contribution >= 0.6 is 11.8 Å². The second-order valence-electron chi connectivity index (χ2n) is 8.85. The number of rotatable bonds is 7. The van der Waals surface area contributed by atoms with Crippen LogP contribution in [0.5, 0.6) is 5.75 Å². The van der Waals surface area contributed by atoms with Gasteiger partial charge in [0.25, 0.3) is 0 Å². The lowest BCUT2D eigenvalue weighted by Crippen LogP contribution is -2.17. The average Bonchev–Trinajstić information content (AvgIpc) is 3.12. The first-order valence-electron chi connectivity index (χ1n) is 11.4. The van der Waals surface area contributed by atoms with E-state index in [-0.39, 0.29) is 17.6 Å². The van der Waals surface area contributed by atoms with Crippen molar-refractivity contribution in [2.75, 3.05) is 12.4 Å². The molecule has 0 bridgehead atoms. The lowest BCUT2D eigenvalue weighted by Gasteiger charge is -2.19. The van der Waals surface area contributed by atoms with E-state index in [0.29, 0.717) is 6.61 Å². The predicted octanol–water partition coefficient (Wildman–Crippen LogP) is 6.85. The molecule has 3 aromatic rings. The summed E-state index contributed by atoms with van der Waals surface area (Å²) in [4.78, 5) is 14.7. The van der Waals surface area contributed by atoms with Crippen molar-refractivity contribution in [1.82, 2.24) is 0 Å². The standard InChI is InChI=1S/C30H30O2S/c1-19-15-20(2)28(21(3)16-19)26-11-12-27(30(26)31)29-22(4)17-24(18-23(29)5)32-13-14-33-25-9-7-6-8-10-25/h6-10,15-18,26-27H,13-14H2,1-5H3. The van der Waals surface area contributed by atoms with Gasteiger partial charge in [0.1, 0.15) is 17.6 Å². The van der Waals surface area contributed by atoms with Gasteiger partial charge < -0.3 is 4.74 Å². The van der Waals surface area contributed by atoms with Crippen molar-refractivity contribution in [1.29, 1.82) is 0 Å². The molecule has 0 spiro atoms. The van der Waals surface area contributed by atoms with E-state index in [2.05, 4.69) is 70.7 Å². The van der Waals surface area contributed by atoms with Crippen LogP contribution in [0.4, 0.5) is 0 Å². The molecule has 0 aliphatic heterocycles. The molecular weight excluding hydrogens is 424 g/mol. The number of Topliss-reactive ketones (excluding diaryl/α,β-unsaturated/α-hetero) is 1. The first kappa shape index (κ1) is 23.2. The van der Waals surface area contributed by atoms with E-state index in [1.54, 1.807) is 11.8 Å². The molecule has 3 heteroatoms. The Balaban J connectivity index is 1.47. The van der Waals surface area contributed by atoms with Crippen LogP contribution in [0.25, 0.3) is 0 Å². The summed E-state index contributed by atoms with van der Waals surface area (Å²) in [5, 5.41) is 0. The summed E-state index contributed by atoms with van der Waals surface area (Å²) >= 11 is 1.79. The first-order valence-corrected chi connectivity index (χ1v) is 12.4. The highest BCUT2D eigenvalue weighted by molar-refractivity contribution is 7.99. The molecule has 4 rings (SSSR count). The van der Waals surface area contributed by atoms with Crippen LogP contribution < -0.4 is 4.74 Å². The smallest absolute Gasteiger partial charge is 0.171 e. The van der Waals surface area contributed by atoms with E-state index in [0.717, 1.165) is 44.9 Å². The second kappa shape index (κ2) is 9.89. The van der Waals surface area contributed by atoms with Gasteiger partial charge in [0.15, 0.2) is 5.78 Å². The largest absolute Gasteiger partial charge is 0.493 e. The molecule has 0 saturated carbocycles. The van der Waals surface area contributed by atoms with Crippen LogP contribution in [0.15, 0.2) is 59.5 Å². The van der Waals surface area contributed by atoms with Gasteiger partial charge in [-0.1, -0.05) is 47.7 Å². The maximum atomic E-state index is 13.5. The van der Waals surface area contributed by atoms with Crippen molar-refractivity contribution in [2.45, 2.75) is 51.3 Å². The molecular formula is C30H30O2S. The van der Waals surface area contributed by atoms with Crippen molar-refractivity contribution in [2.24, 2.45) is 0 Å². The van der Waals surface area contributed by atoms with Crippen LogP contribution in [0.1, 0.15) is 50.8 Å². The lowest BCUT2D eigenvalue weighted by atomic mass is 9.83. The number of carbonyl (C=O) groups excluding carboxylic acids is 1. The van der Waals surface area contributed by atoms with Crippen molar-refractivity contribution >= 4 is 17.5 Å². The average molecular weight is 455 g/mol. The van der Waals surface area contributed by atoms with Crippen molar-refractivity contribution in [3.63, 3.8) is 0 Å². The molecule has 0 N–H and O–H groups in total. The Morgan fingerprint density at radius 1 is 0.788 bits per heavy atom. The van der Waals surface area contributed by atoms with E-state index in [9.17, 15) is 4.79 Å². The van der Waals surface area contributed by atoms with Gasteiger partial charge in [-0.2, -0.15) is 0 Å². The fourth-order valence-corrected chi connectivity index (χ4v) is 5.61. The molecule has 0 aromatic heterocycles. The molecule has 0 amide bonds. The number of ketones is 1. The maximum absolute atomic E-state index is 13.5. The summed E-state index contributed by atoms with van der Waals surface area (Å²) in [6.45, 7) is 11.0. The quantitative estimate of drug-likeness (QED) is 0.222. The third-order valence-electron chi connectivity index (χ3n) is 6.19. The van der Waals surface area contributed by atoms with Crippen LogP contribution in [-0.4, -0.2) is 18.1 Å². The highest BCUT2D eigenvalue weighted by Gasteiger charge is 2.35. The molecule has 2 atom stereocenters. The van der Waals surface area contributed by atoms with Gasteiger partial charge in [-0.05, 0) is 92.3 Å². The summed E-state index contributed by atoms with van der Waals surface area (Å²) in [5.41, 5.74) is 7.74. The zero-order valence-corrected chi connectivity index (χ0v) is 20.8. The number of ether oxygens (including phenoxy) is 1. The normalized spacial score (nSPS) is 17.1. The van der Waals surface area contributed by atoms with Crippen molar-refractivity contribution in [3.8, 4) is 17.6 Å². The highest BCUT2D eigenvalue weighted by Crippen LogP contribution is 2.37. The van der Waals surface area contributed by atoms with E-state index in [1.165, 1.54) is 10.5 Å². The fourth-order valence-electron chi connectivity index (χ4n) is 4.86. The van der Waals surface area contributed by atoms with Gasteiger partial charge in [-0.3, -0.25) is 4.79 Å². The maximum Gasteiger partial charge on any atom is 0.171 e. The molecule has 2 unspecified atom stereocenters. The molecule has 168 valence electrons. The molecule has 0 radical (unpaired) electrons. The Labute approximate surface area is 201 Å². The van der Waals surface area contributed by atoms with Crippen LogP contribution in [-0.2, 0) is 4.79 Å². The molecule has 3 aromatic carbocycles. The Bertz CT molecular complexity index is 1200. The van der Waals surface area contributed by atoms with Crippen molar-refractivity contribution in [3.05, 3.63) is 93.5 Å². The van der Waals surface area contributed by atoms with Gasteiger partial charge in [0.05, 0.1) is 6.61 Å². The summed E-state index contributed by atoms with van der Waals surface area (Å²) in [6, 6.07) is 18.7. The summed E-state index contributed by atoms with van der Waals surface area (Å²) in [6.07, 6.45) is 0. The third kappa shape index (κ3) is 5.02. The minimum Gasteiger partial charge on any atom is -0.493 e. The zero-order chi connectivity index (χ0) is 23.5. The molecule has 0 saturated heterocycles. The summed E-state index contributed by atoms with van der Waals surface area (Å²) in [7, 11) is 0. The van der Waals surface area contributed by atoms with Crippen LogP contribution in [0.2, 0.25) is 0 Å².